The Morgan fingerprint density at radius 3 is 2.06 bits per heavy atom. The number of hydrogen-bond acceptors (Lipinski definition) is 7. The van der Waals surface area contributed by atoms with Crippen molar-refractivity contribution in [3.05, 3.63) is 57.7 Å². The molecule has 0 saturated heterocycles. The van der Waals surface area contributed by atoms with E-state index < -0.39 is 77.3 Å². The van der Waals surface area contributed by atoms with Gasteiger partial charge in [0.05, 0.1) is 47.2 Å². The van der Waals surface area contributed by atoms with Crippen LogP contribution in [-0.2, 0) is 28.6 Å². The van der Waals surface area contributed by atoms with Gasteiger partial charge in [0.25, 0.3) is 6.43 Å². The Balaban J connectivity index is 2.90. The van der Waals surface area contributed by atoms with Crippen molar-refractivity contribution in [3.8, 4) is 0 Å². The fourth-order valence-electron chi connectivity index (χ4n) is 3.45. The second-order valence-electron chi connectivity index (χ2n) is 6.74. The molecule has 0 fully saturated rings. The number of esters is 3. The maximum atomic E-state index is 14.4. The Bertz CT molecular complexity index is 989. The van der Waals surface area contributed by atoms with E-state index in [0.29, 0.717) is 0 Å². The van der Waals surface area contributed by atoms with Crippen molar-refractivity contribution in [2.24, 2.45) is 0 Å². The first-order valence-electron chi connectivity index (χ1n) is 10.0. The van der Waals surface area contributed by atoms with Crippen LogP contribution in [0.5, 0.6) is 0 Å². The molecule has 0 spiro atoms. The number of alkyl halides is 3. The van der Waals surface area contributed by atoms with Gasteiger partial charge in [-0.25, -0.2) is 27.2 Å². The molecule has 1 unspecified atom stereocenters. The lowest BCUT2D eigenvalue weighted by Gasteiger charge is -2.32. The Labute approximate surface area is 187 Å². The van der Waals surface area contributed by atoms with E-state index in [4.69, 9.17) is 14.2 Å². The van der Waals surface area contributed by atoms with Crippen molar-refractivity contribution in [2.45, 2.75) is 33.1 Å². The summed E-state index contributed by atoms with van der Waals surface area (Å²) in [6, 6.07) is 3.01. The molecule has 0 saturated carbocycles. The maximum Gasteiger partial charge on any atom is 0.336 e. The van der Waals surface area contributed by atoms with E-state index >= 15 is 0 Å². The molecule has 2 rings (SSSR count). The van der Waals surface area contributed by atoms with Crippen LogP contribution in [0.4, 0.5) is 17.6 Å². The Morgan fingerprint density at radius 1 is 1.00 bits per heavy atom. The van der Waals surface area contributed by atoms with Gasteiger partial charge in [0.15, 0.2) is 0 Å². The van der Waals surface area contributed by atoms with E-state index in [1.807, 2.05) is 0 Å². The molecule has 180 valence electrons. The topological polar surface area (TPSA) is 90.9 Å². The molecule has 33 heavy (non-hydrogen) atoms. The zero-order chi connectivity index (χ0) is 24.7. The number of halogens is 4. The molecular formula is C22H23F4NO6. The Kier molecular flexibility index (Phi) is 9.01. The van der Waals surface area contributed by atoms with Crippen molar-refractivity contribution < 1.29 is 46.2 Å². The molecule has 11 heteroatoms. The van der Waals surface area contributed by atoms with Gasteiger partial charge in [0, 0.05) is 6.92 Å². The molecule has 0 amide bonds. The zero-order valence-electron chi connectivity index (χ0n) is 18.2. The summed E-state index contributed by atoms with van der Waals surface area (Å²) in [7, 11) is 0. The minimum atomic E-state index is -3.33. The van der Waals surface area contributed by atoms with Crippen molar-refractivity contribution in [1.82, 2.24) is 5.32 Å². The summed E-state index contributed by atoms with van der Waals surface area (Å²) in [5, 5.41) is 2.52. The standard InChI is InChI=1S/C22H23F4NO6/c1-4-31-21(29)18-14(9-23)27-15(10-33-11(3)28)19(22(30)32-5-2)17(18)12-7-6-8-13(24)16(12)20(25)26/h6-8,17,20,27H,4-5,9-10H2,1-3H3. The highest BCUT2D eigenvalue weighted by atomic mass is 19.3. The number of benzene rings is 1. The van der Waals surface area contributed by atoms with Crippen LogP contribution >= 0.6 is 0 Å². The molecule has 1 aliphatic heterocycles. The van der Waals surface area contributed by atoms with Gasteiger partial charge in [-0.3, -0.25) is 4.79 Å². The SMILES string of the molecule is CCOC(=O)C1=C(CF)NC(COC(C)=O)=C(C(=O)OCC)C1c1cccc(F)c1C(F)F. The van der Waals surface area contributed by atoms with Crippen LogP contribution in [0.15, 0.2) is 40.7 Å². The lowest BCUT2D eigenvalue weighted by Crippen LogP contribution is -2.37. The van der Waals surface area contributed by atoms with Crippen LogP contribution in [0.1, 0.15) is 44.2 Å². The van der Waals surface area contributed by atoms with Crippen LogP contribution in [0.3, 0.4) is 0 Å². The fourth-order valence-corrected chi connectivity index (χ4v) is 3.45. The van der Waals surface area contributed by atoms with E-state index in [9.17, 15) is 31.9 Å². The number of nitrogens with one attached hydrogen (secondary N) is 1. The van der Waals surface area contributed by atoms with E-state index in [1.54, 1.807) is 0 Å². The number of ether oxygens (including phenoxy) is 3. The van der Waals surface area contributed by atoms with Crippen molar-refractivity contribution in [2.75, 3.05) is 26.5 Å². The quantitative estimate of drug-likeness (QED) is 0.333. The highest BCUT2D eigenvalue weighted by Gasteiger charge is 2.42. The lowest BCUT2D eigenvalue weighted by molar-refractivity contribution is -0.142. The predicted molar refractivity (Wildman–Crippen MR) is 107 cm³/mol. The Morgan fingerprint density at radius 2 is 1.58 bits per heavy atom. The number of hydrogen-bond donors (Lipinski definition) is 1. The molecule has 1 heterocycles. The van der Waals surface area contributed by atoms with Crippen LogP contribution < -0.4 is 5.32 Å². The third kappa shape index (κ3) is 5.71. The van der Waals surface area contributed by atoms with Gasteiger partial charge < -0.3 is 19.5 Å². The van der Waals surface area contributed by atoms with Crippen LogP contribution in [0, 0.1) is 5.82 Å². The van der Waals surface area contributed by atoms with Crippen LogP contribution in [-0.4, -0.2) is 44.4 Å². The number of carbonyl (C=O) groups excluding carboxylic acids is 3. The second-order valence-corrected chi connectivity index (χ2v) is 6.74. The molecule has 1 aromatic carbocycles. The second kappa shape index (κ2) is 11.5. The molecule has 0 aliphatic carbocycles. The smallest absolute Gasteiger partial charge is 0.336 e. The number of allylic oxidation sites excluding steroid dienone is 1. The normalized spacial score (nSPS) is 15.9. The first-order valence-corrected chi connectivity index (χ1v) is 10.0. The summed E-state index contributed by atoms with van der Waals surface area (Å²) in [5.41, 5.74) is -3.04. The average Bonchev–Trinajstić information content (AvgIpc) is 2.76. The van der Waals surface area contributed by atoms with Gasteiger partial charge in [0.2, 0.25) is 0 Å². The molecule has 1 N–H and O–H groups in total. The first kappa shape index (κ1) is 25.9. The summed E-state index contributed by atoms with van der Waals surface area (Å²) in [6.45, 7) is 1.90. The third-order valence-electron chi connectivity index (χ3n) is 4.69. The average molecular weight is 473 g/mol. The van der Waals surface area contributed by atoms with Crippen LogP contribution in [0.25, 0.3) is 0 Å². The van der Waals surface area contributed by atoms with Crippen molar-refractivity contribution in [1.29, 1.82) is 0 Å². The summed E-state index contributed by atoms with van der Waals surface area (Å²) < 4.78 is 71.1. The van der Waals surface area contributed by atoms with Crippen molar-refractivity contribution >= 4 is 17.9 Å². The van der Waals surface area contributed by atoms with Gasteiger partial charge in [-0.1, -0.05) is 12.1 Å². The Hall–Kier alpha value is -3.37. The van der Waals surface area contributed by atoms with E-state index in [0.717, 1.165) is 25.1 Å². The summed E-state index contributed by atoms with van der Waals surface area (Å²) in [5.74, 6) is -5.86. The summed E-state index contributed by atoms with van der Waals surface area (Å²) in [4.78, 5) is 37.0. The van der Waals surface area contributed by atoms with Gasteiger partial charge >= 0.3 is 17.9 Å². The maximum absolute atomic E-state index is 14.4. The van der Waals surface area contributed by atoms with Gasteiger partial charge in [-0.05, 0) is 25.5 Å². The fraction of sp³-hybridized carbons (Fsp3) is 0.409. The summed E-state index contributed by atoms with van der Waals surface area (Å²) in [6.07, 6.45) is -3.33. The zero-order valence-corrected chi connectivity index (χ0v) is 18.2. The minimum Gasteiger partial charge on any atom is -0.463 e. The van der Waals surface area contributed by atoms with E-state index in [2.05, 4.69) is 5.32 Å². The molecule has 0 aromatic heterocycles. The largest absolute Gasteiger partial charge is 0.463 e. The third-order valence-corrected chi connectivity index (χ3v) is 4.69. The summed E-state index contributed by atoms with van der Waals surface area (Å²) >= 11 is 0. The van der Waals surface area contributed by atoms with E-state index in [1.165, 1.54) is 13.8 Å². The monoisotopic (exact) mass is 473 g/mol. The number of dihydropyridines is 1. The highest BCUT2D eigenvalue weighted by Crippen LogP contribution is 2.43. The number of rotatable bonds is 9. The lowest BCUT2D eigenvalue weighted by atomic mass is 9.78. The molecule has 0 radical (unpaired) electrons. The van der Waals surface area contributed by atoms with E-state index in [-0.39, 0.29) is 18.9 Å². The molecule has 1 atom stereocenters. The molecule has 7 nitrogen and oxygen atoms in total. The van der Waals surface area contributed by atoms with Crippen LogP contribution in [0.2, 0.25) is 0 Å². The molecule has 1 aromatic rings. The molecular weight excluding hydrogens is 450 g/mol. The number of carbonyl (C=O) groups is 3. The van der Waals surface area contributed by atoms with Gasteiger partial charge in [-0.2, -0.15) is 0 Å². The van der Waals surface area contributed by atoms with Gasteiger partial charge in [0.1, 0.15) is 19.1 Å². The highest BCUT2D eigenvalue weighted by molar-refractivity contribution is 6.00. The molecule has 0 bridgehead atoms. The molecule has 1 aliphatic rings. The minimum absolute atomic E-state index is 0.130. The van der Waals surface area contributed by atoms with Gasteiger partial charge in [-0.15, -0.1) is 0 Å². The first-order chi connectivity index (χ1) is 15.7. The predicted octanol–water partition coefficient (Wildman–Crippen LogP) is 3.62. The van der Waals surface area contributed by atoms with Crippen molar-refractivity contribution in [3.63, 3.8) is 0 Å².